The minimum atomic E-state index is -0.365. The molecule has 8 nitrogen and oxygen atoms in total. The number of carbonyl (C=O) groups is 1. The molecule has 0 atom stereocenters. The Morgan fingerprint density at radius 1 is 0.912 bits per heavy atom. The number of nitrogens with zero attached hydrogens (tertiary/aromatic N) is 2. The van der Waals surface area contributed by atoms with E-state index in [1.54, 1.807) is 48.5 Å². The predicted molar refractivity (Wildman–Crippen MR) is 129 cm³/mol. The molecule has 1 amide bonds. The largest absolute Gasteiger partial charge is 0.493 e. The van der Waals surface area contributed by atoms with E-state index < -0.39 is 0 Å². The summed E-state index contributed by atoms with van der Waals surface area (Å²) in [5, 5.41) is 7.58. The van der Waals surface area contributed by atoms with Crippen molar-refractivity contribution < 1.29 is 23.5 Å². The Morgan fingerprint density at radius 2 is 1.62 bits per heavy atom. The van der Waals surface area contributed by atoms with Gasteiger partial charge < -0.3 is 24.1 Å². The Balaban J connectivity index is 1.66. The second-order valence-corrected chi connectivity index (χ2v) is 7.78. The summed E-state index contributed by atoms with van der Waals surface area (Å²) in [6, 6.07) is 15.1. The van der Waals surface area contributed by atoms with E-state index in [4.69, 9.17) is 41.9 Å². The van der Waals surface area contributed by atoms with Crippen LogP contribution in [0, 0.1) is 0 Å². The quantitative estimate of drug-likeness (QED) is 0.333. The molecule has 3 aromatic carbocycles. The number of aromatic nitrogens is 2. The number of halogens is 2. The lowest BCUT2D eigenvalue weighted by molar-refractivity contribution is 0.102. The van der Waals surface area contributed by atoms with E-state index in [-0.39, 0.29) is 16.8 Å². The number of benzene rings is 3. The first-order chi connectivity index (χ1) is 16.4. The van der Waals surface area contributed by atoms with Gasteiger partial charge in [0.15, 0.2) is 11.5 Å². The summed E-state index contributed by atoms with van der Waals surface area (Å²) in [7, 11) is 4.57. The molecule has 0 aliphatic carbocycles. The second-order valence-electron chi connectivity index (χ2n) is 6.97. The number of rotatable bonds is 7. The van der Waals surface area contributed by atoms with Crippen molar-refractivity contribution in [1.82, 2.24) is 10.1 Å². The molecule has 0 saturated heterocycles. The Morgan fingerprint density at radius 3 is 2.26 bits per heavy atom. The van der Waals surface area contributed by atoms with Crippen molar-refractivity contribution in [1.29, 1.82) is 0 Å². The van der Waals surface area contributed by atoms with Crippen LogP contribution in [0.3, 0.4) is 0 Å². The lowest BCUT2D eigenvalue weighted by Gasteiger charge is -2.12. The highest BCUT2D eigenvalue weighted by Gasteiger charge is 2.20. The topological polar surface area (TPSA) is 95.7 Å². The van der Waals surface area contributed by atoms with E-state index in [2.05, 4.69) is 15.5 Å². The molecule has 10 heteroatoms. The molecule has 0 aliphatic heterocycles. The molecule has 34 heavy (non-hydrogen) atoms. The monoisotopic (exact) mass is 499 g/mol. The molecule has 1 aromatic heterocycles. The van der Waals surface area contributed by atoms with E-state index in [1.807, 2.05) is 0 Å². The van der Waals surface area contributed by atoms with E-state index >= 15 is 0 Å². The number of para-hydroxylation sites is 1. The van der Waals surface area contributed by atoms with Gasteiger partial charge in [-0.2, -0.15) is 4.98 Å². The van der Waals surface area contributed by atoms with Crippen molar-refractivity contribution in [2.75, 3.05) is 26.6 Å². The van der Waals surface area contributed by atoms with Gasteiger partial charge in [-0.3, -0.25) is 4.79 Å². The molecular formula is C24H19Cl2N3O5. The molecular weight excluding hydrogens is 481 g/mol. The van der Waals surface area contributed by atoms with Gasteiger partial charge in [-0.15, -0.1) is 0 Å². The van der Waals surface area contributed by atoms with Gasteiger partial charge in [0, 0.05) is 11.1 Å². The van der Waals surface area contributed by atoms with Crippen LogP contribution >= 0.6 is 23.2 Å². The molecule has 0 fully saturated rings. The Bertz CT molecular complexity index is 1330. The standard InChI is InChI=1S/C24H19Cl2N3O5/c1-31-19-11-14(12-20(32-2)21(19)33-3)22-28-24(34-29-22)15-6-4-5-7-18(15)27-23(30)13-8-9-16(25)17(26)10-13/h4-12H,1-3H3,(H,27,30). The smallest absolute Gasteiger partial charge is 0.260 e. The van der Waals surface area contributed by atoms with Crippen LogP contribution in [0.5, 0.6) is 17.2 Å². The molecule has 4 aromatic rings. The van der Waals surface area contributed by atoms with Crippen LogP contribution < -0.4 is 19.5 Å². The van der Waals surface area contributed by atoms with Crippen LogP contribution in [0.15, 0.2) is 59.1 Å². The van der Waals surface area contributed by atoms with Crippen molar-refractivity contribution in [3.63, 3.8) is 0 Å². The average molecular weight is 500 g/mol. The van der Waals surface area contributed by atoms with Gasteiger partial charge in [0.1, 0.15) is 0 Å². The number of ether oxygens (including phenoxy) is 3. The van der Waals surface area contributed by atoms with E-state index in [0.29, 0.717) is 50.5 Å². The van der Waals surface area contributed by atoms with Crippen molar-refractivity contribution in [3.05, 3.63) is 70.2 Å². The average Bonchev–Trinajstić information content (AvgIpc) is 3.35. The molecule has 174 valence electrons. The van der Waals surface area contributed by atoms with E-state index in [9.17, 15) is 4.79 Å². The highest BCUT2D eigenvalue weighted by molar-refractivity contribution is 6.42. The van der Waals surface area contributed by atoms with Crippen LogP contribution in [-0.4, -0.2) is 37.4 Å². The predicted octanol–water partition coefficient (Wildman–Crippen LogP) is 5.99. The van der Waals surface area contributed by atoms with Gasteiger partial charge >= 0.3 is 0 Å². The molecule has 0 unspecified atom stereocenters. The van der Waals surface area contributed by atoms with Gasteiger partial charge in [-0.25, -0.2) is 0 Å². The summed E-state index contributed by atoms with van der Waals surface area (Å²) >= 11 is 12.0. The Kier molecular flexibility index (Phi) is 6.90. The van der Waals surface area contributed by atoms with Crippen molar-refractivity contribution in [2.45, 2.75) is 0 Å². The Labute approximate surface area is 205 Å². The van der Waals surface area contributed by atoms with E-state index in [1.165, 1.54) is 27.4 Å². The third-order valence-corrected chi connectivity index (χ3v) is 5.68. The minimum absolute atomic E-state index is 0.216. The van der Waals surface area contributed by atoms with Gasteiger partial charge in [-0.05, 0) is 42.5 Å². The number of methoxy groups -OCH3 is 3. The fourth-order valence-corrected chi connectivity index (χ4v) is 3.57. The lowest BCUT2D eigenvalue weighted by Crippen LogP contribution is -2.12. The molecule has 0 radical (unpaired) electrons. The number of anilines is 1. The van der Waals surface area contributed by atoms with Gasteiger partial charge in [0.25, 0.3) is 11.8 Å². The minimum Gasteiger partial charge on any atom is -0.493 e. The van der Waals surface area contributed by atoms with Crippen molar-refractivity contribution >= 4 is 34.8 Å². The maximum Gasteiger partial charge on any atom is 0.260 e. The zero-order valence-electron chi connectivity index (χ0n) is 18.4. The van der Waals surface area contributed by atoms with Crippen LogP contribution in [0.1, 0.15) is 10.4 Å². The zero-order chi connectivity index (χ0) is 24.2. The first-order valence-corrected chi connectivity index (χ1v) is 10.7. The molecule has 0 spiro atoms. The molecule has 0 bridgehead atoms. The van der Waals surface area contributed by atoms with Crippen LogP contribution in [-0.2, 0) is 0 Å². The number of carbonyl (C=O) groups excluding carboxylic acids is 1. The summed E-state index contributed by atoms with van der Waals surface area (Å²) < 4.78 is 21.7. The Hall–Kier alpha value is -3.75. The zero-order valence-corrected chi connectivity index (χ0v) is 19.9. The first-order valence-electron chi connectivity index (χ1n) is 9.95. The highest BCUT2D eigenvalue weighted by atomic mass is 35.5. The summed E-state index contributed by atoms with van der Waals surface area (Å²) in [5.41, 5.74) is 1.98. The number of amides is 1. The number of nitrogens with one attached hydrogen (secondary N) is 1. The molecule has 1 heterocycles. The third-order valence-electron chi connectivity index (χ3n) is 4.94. The molecule has 0 aliphatic rings. The maximum absolute atomic E-state index is 12.8. The van der Waals surface area contributed by atoms with Crippen molar-refractivity contribution in [3.8, 4) is 40.1 Å². The van der Waals surface area contributed by atoms with Gasteiger partial charge in [-0.1, -0.05) is 40.5 Å². The van der Waals surface area contributed by atoms with Crippen LogP contribution in [0.25, 0.3) is 22.8 Å². The van der Waals surface area contributed by atoms with Gasteiger partial charge in [0.2, 0.25) is 11.6 Å². The maximum atomic E-state index is 12.8. The fraction of sp³-hybridized carbons (Fsp3) is 0.125. The summed E-state index contributed by atoms with van der Waals surface area (Å²) in [4.78, 5) is 17.3. The van der Waals surface area contributed by atoms with Crippen molar-refractivity contribution in [2.24, 2.45) is 0 Å². The number of hydrogen-bond acceptors (Lipinski definition) is 7. The lowest BCUT2D eigenvalue weighted by atomic mass is 10.1. The van der Waals surface area contributed by atoms with Crippen LogP contribution in [0.4, 0.5) is 5.69 Å². The number of hydrogen-bond donors (Lipinski definition) is 1. The van der Waals surface area contributed by atoms with Crippen LogP contribution in [0.2, 0.25) is 10.0 Å². The second kappa shape index (κ2) is 10.0. The fourth-order valence-electron chi connectivity index (χ4n) is 3.27. The molecule has 0 saturated carbocycles. The normalized spacial score (nSPS) is 10.6. The summed E-state index contributed by atoms with van der Waals surface area (Å²) in [5.74, 6) is 1.52. The van der Waals surface area contributed by atoms with Gasteiger partial charge in [0.05, 0.1) is 42.6 Å². The highest BCUT2D eigenvalue weighted by Crippen LogP contribution is 2.41. The summed E-state index contributed by atoms with van der Waals surface area (Å²) in [6.45, 7) is 0. The molecule has 4 rings (SSSR count). The first kappa shape index (κ1) is 23.4. The molecule has 1 N–H and O–H groups in total. The van der Waals surface area contributed by atoms with E-state index in [0.717, 1.165) is 0 Å². The summed E-state index contributed by atoms with van der Waals surface area (Å²) in [6.07, 6.45) is 0. The third kappa shape index (κ3) is 4.64. The SMILES string of the molecule is COc1cc(-c2noc(-c3ccccc3NC(=O)c3ccc(Cl)c(Cl)c3)n2)cc(OC)c1OC.